The molecule has 2 heterocycles. The number of benzene rings is 3. The lowest BCUT2D eigenvalue weighted by Gasteiger charge is -2.11. The van der Waals surface area contributed by atoms with E-state index in [9.17, 15) is 0 Å². The van der Waals surface area contributed by atoms with E-state index in [0.29, 0.717) is 16.6 Å². The van der Waals surface area contributed by atoms with Gasteiger partial charge in [0.2, 0.25) is 0 Å². The molecule has 0 unspecified atom stereocenters. The monoisotopic (exact) mass is 494 g/mol. The molecule has 0 spiro atoms. The summed E-state index contributed by atoms with van der Waals surface area (Å²) in [4.78, 5) is 9.42. The number of halogens is 1. The van der Waals surface area contributed by atoms with Crippen molar-refractivity contribution in [1.82, 2.24) is 14.5 Å². The molecule has 3 aromatic carbocycles. The average molecular weight is 495 g/mol. The third-order valence-corrected chi connectivity index (χ3v) is 6.05. The number of anilines is 1. The summed E-state index contributed by atoms with van der Waals surface area (Å²) in [5.41, 5.74) is 11.5. The van der Waals surface area contributed by atoms with Gasteiger partial charge in [-0.15, -0.1) is 0 Å². The molecule has 36 heavy (non-hydrogen) atoms. The van der Waals surface area contributed by atoms with Gasteiger partial charge in [-0.1, -0.05) is 49.7 Å². The Kier molecular flexibility index (Phi) is 6.74. The van der Waals surface area contributed by atoms with Crippen molar-refractivity contribution in [1.29, 1.82) is 0 Å². The molecule has 5 rings (SSSR count). The molecule has 0 amide bonds. The minimum absolute atomic E-state index is 0.475. The van der Waals surface area contributed by atoms with E-state index in [1.54, 1.807) is 12.3 Å². The van der Waals surface area contributed by atoms with Crippen LogP contribution in [0.2, 0.25) is 5.02 Å². The van der Waals surface area contributed by atoms with Crippen LogP contribution in [0.15, 0.2) is 97.3 Å². The van der Waals surface area contributed by atoms with Crippen molar-refractivity contribution in [2.45, 2.75) is 20.3 Å². The Bertz CT molecular complexity index is 1460. The van der Waals surface area contributed by atoms with E-state index in [0.717, 1.165) is 51.9 Å². The number of hydrogen-bond acceptors (Lipinski definition) is 4. The Morgan fingerprint density at radius 3 is 2.06 bits per heavy atom. The first kappa shape index (κ1) is 23.6. The van der Waals surface area contributed by atoms with Gasteiger partial charge in [0.25, 0.3) is 0 Å². The highest BCUT2D eigenvalue weighted by atomic mass is 35.5. The zero-order valence-electron chi connectivity index (χ0n) is 20.2. The molecule has 0 saturated heterocycles. The van der Waals surface area contributed by atoms with E-state index >= 15 is 0 Å². The fourth-order valence-corrected chi connectivity index (χ4v) is 4.15. The molecule has 0 saturated carbocycles. The summed E-state index contributed by atoms with van der Waals surface area (Å²) in [6.07, 6.45) is 4.69. The third-order valence-electron chi connectivity index (χ3n) is 5.79. The molecular weight excluding hydrogens is 468 g/mol. The maximum atomic E-state index is 5.97. The number of hydrogen-bond donors (Lipinski definition) is 1. The highest BCUT2D eigenvalue weighted by Crippen LogP contribution is 2.28. The Morgan fingerprint density at radius 2 is 1.44 bits per heavy atom. The number of nitrogens with two attached hydrogens (primary N) is 1. The number of nitrogens with zero attached hydrogens (tertiary/aromatic N) is 3. The van der Waals surface area contributed by atoms with Crippen molar-refractivity contribution in [2.24, 2.45) is 5.92 Å². The number of aromatic nitrogens is 3. The topological polar surface area (TPSA) is 66.0 Å². The molecule has 0 aliphatic carbocycles. The van der Waals surface area contributed by atoms with Gasteiger partial charge >= 0.3 is 0 Å². The van der Waals surface area contributed by atoms with Crippen molar-refractivity contribution < 1.29 is 4.74 Å². The summed E-state index contributed by atoms with van der Waals surface area (Å²) in [6, 6.07) is 27.3. The van der Waals surface area contributed by atoms with Crippen LogP contribution in [0.3, 0.4) is 0 Å². The Hall–Kier alpha value is -4.09. The second-order valence-corrected chi connectivity index (χ2v) is 9.55. The number of ether oxygens (including phenoxy) is 1. The van der Waals surface area contributed by atoms with Gasteiger partial charge < -0.3 is 15.0 Å². The van der Waals surface area contributed by atoms with Gasteiger partial charge in [-0.25, -0.2) is 4.98 Å². The van der Waals surface area contributed by atoms with E-state index < -0.39 is 0 Å². The lowest BCUT2D eigenvalue weighted by atomic mass is 10.1. The maximum absolute atomic E-state index is 5.97. The van der Waals surface area contributed by atoms with Crippen molar-refractivity contribution in [2.75, 3.05) is 5.73 Å². The summed E-state index contributed by atoms with van der Waals surface area (Å²) >= 11 is 5.97. The maximum Gasteiger partial charge on any atom is 0.127 e. The van der Waals surface area contributed by atoms with Crippen LogP contribution < -0.4 is 10.5 Å². The van der Waals surface area contributed by atoms with Crippen LogP contribution in [0.4, 0.5) is 5.69 Å². The molecule has 5 nitrogen and oxygen atoms in total. The first-order chi connectivity index (χ1) is 17.4. The minimum atomic E-state index is 0.475. The van der Waals surface area contributed by atoms with Gasteiger partial charge in [-0.05, 0) is 66.6 Å². The highest BCUT2D eigenvalue weighted by molar-refractivity contribution is 6.30. The summed E-state index contributed by atoms with van der Waals surface area (Å²) in [6.45, 7) is 4.41. The van der Waals surface area contributed by atoms with Gasteiger partial charge in [0.15, 0.2) is 0 Å². The minimum Gasteiger partial charge on any atom is -0.457 e. The molecule has 0 atom stereocenters. The van der Waals surface area contributed by atoms with Crippen LogP contribution in [-0.4, -0.2) is 14.5 Å². The summed E-state index contributed by atoms with van der Waals surface area (Å²) < 4.78 is 8.11. The fraction of sp³-hybridized carbons (Fsp3) is 0.133. The van der Waals surface area contributed by atoms with Gasteiger partial charge in [-0.2, -0.15) is 0 Å². The van der Waals surface area contributed by atoms with Crippen LogP contribution in [-0.2, 0) is 6.42 Å². The van der Waals surface area contributed by atoms with E-state index in [4.69, 9.17) is 27.1 Å². The van der Waals surface area contributed by atoms with Crippen molar-refractivity contribution in [3.05, 3.63) is 108 Å². The molecule has 2 N–H and O–H groups in total. The average Bonchev–Trinajstić information content (AvgIpc) is 3.29. The van der Waals surface area contributed by atoms with Gasteiger partial charge in [-0.3, -0.25) is 4.98 Å². The lowest BCUT2D eigenvalue weighted by molar-refractivity contribution is 0.482. The molecule has 2 aromatic heterocycles. The third kappa shape index (κ3) is 5.42. The van der Waals surface area contributed by atoms with Crippen molar-refractivity contribution in [3.63, 3.8) is 0 Å². The number of imidazole rings is 1. The Balaban J connectivity index is 1.42. The first-order valence-corrected chi connectivity index (χ1v) is 12.3. The predicted octanol–water partition coefficient (Wildman–Crippen LogP) is 7.83. The lowest BCUT2D eigenvalue weighted by Crippen LogP contribution is -2.04. The Morgan fingerprint density at radius 1 is 0.833 bits per heavy atom. The first-order valence-electron chi connectivity index (χ1n) is 11.9. The molecule has 0 fully saturated rings. The van der Waals surface area contributed by atoms with Gasteiger partial charge in [0.1, 0.15) is 17.3 Å². The molecule has 180 valence electrons. The molecule has 0 aliphatic heterocycles. The molecule has 0 radical (unpaired) electrons. The van der Waals surface area contributed by atoms with Crippen LogP contribution >= 0.6 is 11.6 Å². The zero-order chi connectivity index (χ0) is 25.1. The number of rotatable bonds is 7. The second-order valence-electron chi connectivity index (χ2n) is 9.11. The highest BCUT2D eigenvalue weighted by Gasteiger charge is 2.13. The van der Waals surface area contributed by atoms with Gasteiger partial charge in [0, 0.05) is 46.3 Å². The SMILES string of the molecule is CC(C)Cc1nc(-c2ccc(-c3cc(N)ccn3)cc2)cn1-c1ccc(Oc2ccc(Cl)cc2)cc1. The van der Waals surface area contributed by atoms with E-state index in [1.807, 2.05) is 42.5 Å². The standard InChI is InChI=1S/C30H27ClN4O/c1-20(2)17-30-34-29(22-5-3-21(4-6-22)28-18-24(32)15-16-33-28)19-35(30)25-9-13-27(14-10-25)36-26-11-7-23(31)8-12-26/h3-16,18-20H,17H2,1-2H3,(H2,32,33). The van der Waals surface area contributed by atoms with Crippen LogP contribution in [0.1, 0.15) is 19.7 Å². The normalized spacial score (nSPS) is 11.1. The van der Waals surface area contributed by atoms with Crippen molar-refractivity contribution in [3.8, 4) is 39.7 Å². The molecule has 6 heteroatoms. The van der Waals surface area contributed by atoms with E-state index in [1.165, 1.54) is 0 Å². The smallest absolute Gasteiger partial charge is 0.127 e. The predicted molar refractivity (Wildman–Crippen MR) is 147 cm³/mol. The molecule has 0 bridgehead atoms. The second kappa shape index (κ2) is 10.3. The van der Waals surface area contributed by atoms with Crippen LogP contribution in [0.5, 0.6) is 11.5 Å². The summed E-state index contributed by atoms with van der Waals surface area (Å²) in [7, 11) is 0. The molecule has 5 aromatic rings. The van der Waals surface area contributed by atoms with Crippen LogP contribution in [0, 0.1) is 5.92 Å². The number of nitrogen functional groups attached to an aromatic ring is 1. The quantitative estimate of drug-likeness (QED) is 0.250. The van der Waals surface area contributed by atoms with Crippen LogP contribution in [0.25, 0.3) is 28.2 Å². The van der Waals surface area contributed by atoms with Crippen molar-refractivity contribution >= 4 is 17.3 Å². The zero-order valence-corrected chi connectivity index (χ0v) is 21.0. The Labute approximate surface area is 216 Å². The van der Waals surface area contributed by atoms with E-state index in [-0.39, 0.29) is 0 Å². The number of pyridine rings is 1. The molecular formula is C30H27ClN4O. The van der Waals surface area contributed by atoms with E-state index in [2.05, 4.69) is 66.0 Å². The summed E-state index contributed by atoms with van der Waals surface area (Å²) in [5.74, 6) is 3.00. The summed E-state index contributed by atoms with van der Waals surface area (Å²) in [5, 5.41) is 0.683. The fourth-order valence-electron chi connectivity index (χ4n) is 4.02. The van der Waals surface area contributed by atoms with Gasteiger partial charge in [0.05, 0.1) is 11.4 Å². The largest absolute Gasteiger partial charge is 0.457 e. The molecule has 0 aliphatic rings.